The average Bonchev–Trinajstić information content (AvgIpc) is 2.75. The number of halogens is 1. The van der Waals surface area contributed by atoms with Crippen molar-refractivity contribution in [1.82, 2.24) is 9.55 Å². The van der Waals surface area contributed by atoms with Crippen molar-refractivity contribution < 1.29 is 14.3 Å². The number of benzene rings is 1. The molecule has 0 aliphatic heterocycles. The van der Waals surface area contributed by atoms with Gasteiger partial charge in [0.2, 0.25) is 0 Å². The molecule has 1 atom stereocenters. The van der Waals surface area contributed by atoms with Gasteiger partial charge in [0.25, 0.3) is 0 Å². The van der Waals surface area contributed by atoms with Gasteiger partial charge in [-0.05, 0) is 31.7 Å². The lowest BCUT2D eigenvalue weighted by molar-refractivity contribution is -0.133. The summed E-state index contributed by atoms with van der Waals surface area (Å²) in [6.07, 6.45) is 2.02. The van der Waals surface area contributed by atoms with Gasteiger partial charge in [-0.3, -0.25) is 4.79 Å². The van der Waals surface area contributed by atoms with Crippen LogP contribution in [0.5, 0.6) is 0 Å². The highest BCUT2D eigenvalue weighted by Crippen LogP contribution is 2.30. The highest BCUT2D eigenvalue weighted by Gasteiger charge is 2.18. The first-order valence-corrected chi connectivity index (χ1v) is 8.83. The Bertz CT molecular complexity index is 673. The minimum absolute atomic E-state index is 0.0588. The van der Waals surface area contributed by atoms with E-state index in [1.165, 1.54) is 17.8 Å². The zero-order valence-corrected chi connectivity index (χ0v) is 13.7. The first kappa shape index (κ1) is 16.2. The SMILES string of the molecule is CSCC(C)n1c(SCC(=O)O)nc2cc(F)c(C)cc21. The summed E-state index contributed by atoms with van der Waals surface area (Å²) >= 11 is 2.88. The van der Waals surface area contributed by atoms with Crippen molar-refractivity contribution in [2.24, 2.45) is 0 Å². The van der Waals surface area contributed by atoms with Gasteiger partial charge in [-0.1, -0.05) is 11.8 Å². The van der Waals surface area contributed by atoms with E-state index >= 15 is 0 Å². The number of aryl methyl sites for hydroxylation is 1. The number of thioether (sulfide) groups is 2. The number of hydrogen-bond donors (Lipinski definition) is 1. The van der Waals surface area contributed by atoms with Crippen LogP contribution in [-0.2, 0) is 4.79 Å². The molecule has 0 saturated carbocycles. The maximum absolute atomic E-state index is 13.7. The topological polar surface area (TPSA) is 55.1 Å². The Balaban J connectivity index is 2.54. The second kappa shape index (κ2) is 6.70. The Kier molecular flexibility index (Phi) is 5.16. The van der Waals surface area contributed by atoms with Gasteiger partial charge < -0.3 is 9.67 Å². The lowest BCUT2D eigenvalue weighted by Crippen LogP contribution is -2.10. The Morgan fingerprint density at radius 3 is 2.86 bits per heavy atom. The molecule has 1 aromatic heterocycles. The number of fused-ring (bicyclic) bond motifs is 1. The monoisotopic (exact) mass is 328 g/mol. The van der Waals surface area contributed by atoms with E-state index in [0.29, 0.717) is 16.2 Å². The molecule has 0 spiro atoms. The molecule has 7 heteroatoms. The van der Waals surface area contributed by atoms with Gasteiger partial charge in [-0.2, -0.15) is 11.8 Å². The van der Waals surface area contributed by atoms with Crippen LogP contribution in [0.25, 0.3) is 11.0 Å². The van der Waals surface area contributed by atoms with Crippen LogP contribution in [0.4, 0.5) is 4.39 Å². The zero-order chi connectivity index (χ0) is 15.6. The summed E-state index contributed by atoms with van der Waals surface area (Å²) in [7, 11) is 0. The van der Waals surface area contributed by atoms with E-state index in [4.69, 9.17) is 5.11 Å². The van der Waals surface area contributed by atoms with E-state index in [1.54, 1.807) is 24.8 Å². The van der Waals surface area contributed by atoms with Crippen LogP contribution < -0.4 is 0 Å². The molecule has 0 radical (unpaired) electrons. The lowest BCUT2D eigenvalue weighted by atomic mass is 10.2. The lowest BCUT2D eigenvalue weighted by Gasteiger charge is -2.16. The molecule has 0 fully saturated rings. The molecule has 0 aliphatic carbocycles. The molecular formula is C14H17FN2O2S2. The van der Waals surface area contributed by atoms with Gasteiger partial charge >= 0.3 is 5.97 Å². The van der Waals surface area contributed by atoms with Crippen molar-refractivity contribution in [2.75, 3.05) is 17.8 Å². The fraction of sp³-hybridized carbons (Fsp3) is 0.429. The third-order valence-electron chi connectivity index (χ3n) is 3.11. The molecular weight excluding hydrogens is 311 g/mol. The first-order chi connectivity index (χ1) is 9.93. The summed E-state index contributed by atoms with van der Waals surface area (Å²) in [5.74, 6) is -0.364. The summed E-state index contributed by atoms with van der Waals surface area (Å²) in [4.78, 5) is 15.2. The predicted octanol–water partition coefficient (Wildman–Crippen LogP) is 3.58. The molecule has 0 amide bonds. The molecule has 0 saturated heterocycles. The van der Waals surface area contributed by atoms with Crippen LogP contribution in [-0.4, -0.2) is 38.4 Å². The molecule has 0 bridgehead atoms. The Morgan fingerprint density at radius 2 is 2.24 bits per heavy atom. The van der Waals surface area contributed by atoms with E-state index in [2.05, 4.69) is 11.9 Å². The molecule has 0 aliphatic rings. The van der Waals surface area contributed by atoms with Crippen LogP contribution in [0.2, 0.25) is 0 Å². The summed E-state index contributed by atoms with van der Waals surface area (Å²) in [6.45, 7) is 3.77. The molecule has 114 valence electrons. The van der Waals surface area contributed by atoms with Crippen LogP contribution in [0.15, 0.2) is 17.3 Å². The number of carboxylic acids is 1. The van der Waals surface area contributed by atoms with Crippen LogP contribution in [0.1, 0.15) is 18.5 Å². The molecule has 2 rings (SSSR count). The molecule has 1 unspecified atom stereocenters. The zero-order valence-electron chi connectivity index (χ0n) is 12.1. The standard InChI is InChI=1S/C14H17FN2O2S2/c1-8-4-12-11(5-10(8)15)16-14(21-7-13(18)19)17(12)9(2)6-20-3/h4-5,9H,6-7H2,1-3H3,(H,18,19). The maximum Gasteiger partial charge on any atom is 0.313 e. The number of imidazole rings is 1. The smallest absolute Gasteiger partial charge is 0.313 e. The van der Waals surface area contributed by atoms with E-state index < -0.39 is 5.97 Å². The molecule has 1 N–H and O–H groups in total. The van der Waals surface area contributed by atoms with Gasteiger partial charge in [-0.25, -0.2) is 9.37 Å². The van der Waals surface area contributed by atoms with Gasteiger partial charge in [0.1, 0.15) is 5.82 Å². The fourth-order valence-corrected chi connectivity index (χ4v) is 3.63. The Hall–Kier alpha value is -1.21. The van der Waals surface area contributed by atoms with E-state index in [9.17, 15) is 9.18 Å². The fourth-order valence-electron chi connectivity index (χ4n) is 2.17. The number of carboxylic acid groups (broad SMARTS) is 1. The van der Waals surface area contributed by atoms with Crippen LogP contribution in [0, 0.1) is 12.7 Å². The van der Waals surface area contributed by atoms with Gasteiger partial charge in [0.15, 0.2) is 5.16 Å². The minimum Gasteiger partial charge on any atom is -0.481 e. The van der Waals surface area contributed by atoms with Gasteiger partial charge in [0, 0.05) is 17.9 Å². The number of hydrogen-bond acceptors (Lipinski definition) is 4. The normalized spacial score (nSPS) is 12.8. The summed E-state index contributed by atoms with van der Waals surface area (Å²) < 4.78 is 15.7. The van der Waals surface area contributed by atoms with Crippen molar-refractivity contribution in [2.45, 2.75) is 25.0 Å². The molecule has 4 nitrogen and oxygen atoms in total. The predicted molar refractivity (Wildman–Crippen MR) is 85.9 cm³/mol. The van der Waals surface area contributed by atoms with Gasteiger partial charge in [-0.15, -0.1) is 0 Å². The number of aliphatic carboxylic acids is 1. The third kappa shape index (κ3) is 3.52. The van der Waals surface area contributed by atoms with Crippen molar-refractivity contribution >= 4 is 40.5 Å². The van der Waals surface area contributed by atoms with Crippen LogP contribution in [0.3, 0.4) is 0 Å². The summed E-state index contributed by atoms with van der Waals surface area (Å²) in [6, 6.07) is 3.35. The van der Waals surface area contributed by atoms with Gasteiger partial charge in [0.05, 0.1) is 16.8 Å². The highest BCUT2D eigenvalue weighted by atomic mass is 32.2. The quantitative estimate of drug-likeness (QED) is 0.821. The number of nitrogens with zero attached hydrogens (tertiary/aromatic N) is 2. The molecule has 21 heavy (non-hydrogen) atoms. The third-order valence-corrected chi connectivity index (χ3v) is 4.86. The number of carbonyl (C=O) groups is 1. The largest absolute Gasteiger partial charge is 0.481 e. The molecule has 1 heterocycles. The van der Waals surface area contributed by atoms with Crippen molar-refractivity contribution in [3.8, 4) is 0 Å². The van der Waals surface area contributed by atoms with E-state index in [-0.39, 0.29) is 17.6 Å². The Morgan fingerprint density at radius 1 is 1.52 bits per heavy atom. The number of aromatic nitrogens is 2. The van der Waals surface area contributed by atoms with Crippen molar-refractivity contribution in [3.63, 3.8) is 0 Å². The van der Waals surface area contributed by atoms with Crippen molar-refractivity contribution in [1.29, 1.82) is 0 Å². The summed E-state index contributed by atoms with van der Waals surface area (Å²) in [5.41, 5.74) is 1.98. The van der Waals surface area contributed by atoms with Crippen molar-refractivity contribution in [3.05, 3.63) is 23.5 Å². The summed E-state index contributed by atoms with van der Waals surface area (Å²) in [5, 5.41) is 9.47. The van der Waals surface area contributed by atoms with E-state index in [0.717, 1.165) is 11.3 Å². The Labute approximate surface area is 131 Å². The minimum atomic E-state index is -0.890. The van der Waals surface area contributed by atoms with E-state index in [1.807, 2.05) is 10.8 Å². The molecule has 2 aromatic rings. The second-order valence-electron chi connectivity index (χ2n) is 4.84. The maximum atomic E-state index is 13.7. The first-order valence-electron chi connectivity index (χ1n) is 6.45. The molecule has 1 aromatic carbocycles. The second-order valence-corrected chi connectivity index (χ2v) is 6.69. The average molecular weight is 328 g/mol. The number of rotatable bonds is 6. The highest BCUT2D eigenvalue weighted by molar-refractivity contribution is 7.99. The van der Waals surface area contributed by atoms with Crippen LogP contribution >= 0.6 is 23.5 Å².